The number of nitrogens with two attached hydrogens (primary N) is 1. The molecule has 0 atom stereocenters. The second kappa shape index (κ2) is 3.97. The summed E-state index contributed by atoms with van der Waals surface area (Å²) >= 11 is 0. The van der Waals surface area contributed by atoms with Crippen LogP contribution in [-0.2, 0) is 10.2 Å². The second-order valence-corrected chi connectivity index (χ2v) is 6.26. The van der Waals surface area contributed by atoms with Crippen molar-refractivity contribution in [3.8, 4) is 5.75 Å². The number of methoxy groups -OCH3 is 1. The Bertz CT molecular complexity index is 528. The minimum absolute atomic E-state index is 0.0267. The van der Waals surface area contributed by atoms with Crippen molar-refractivity contribution >= 4 is 0 Å². The lowest BCUT2D eigenvalue weighted by Crippen LogP contribution is -2.61. The highest BCUT2D eigenvalue weighted by Crippen LogP contribution is 2.54. The fourth-order valence-electron chi connectivity index (χ4n) is 3.50. The van der Waals surface area contributed by atoms with E-state index in [0.717, 1.165) is 31.8 Å². The Morgan fingerprint density at radius 3 is 2.21 bits per heavy atom. The van der Waals surface area contributed by atoms with Crippen LogP contribution in [0.5, 0.6) is 5.75 Å². The summed E-state index contributed by atoms with van der Waals surface area (Å²) < 4.78 is 11.1. The molecular formula is C16H23NO2. The molecule has 0 bridgehead atoms. The Morgan fingerprint density at radius 1 is 1.16 bits per heavy atom. The molecule has 19 heavy (non-hydrogen) atoms. The van der Waals surface area contributed by atoms with E-state index in [1.54, 1.807) is 7.11 Å². The molecule has 3 rings (SSSR count). The number of ether oxygens (including phenoxy) is 2. The van der Waals surface area contributed by atoms with Gasteiger partial charge in [0.05, 0.1) is 25.7 Å². The molecule has 0 spiro atoms. The molecule has 0 aromatic heterocycles. The van der Waals surface area contributed by atoms with E-state index >= 15 is 0 Å². The van der Waals surface area contributed by atoms with Crippen LogP contribution in [-0.4, -0.2) is 25.9 Å². The predicted octanol–water partition coefficient (Wildman–Crippen LogP) is 2.38. The van der Waals surface area contributed by atoms with Crippen molar-refractivity contribution in [2.75, 3.05) is 20.3 Å². The Morgan fingerprint density at radius 2 is 1.79 bits per heavy atom. The molecule has 1 aromatic rings. The van der Waals surface area contributed by atoms with Crippen LogP contribution >= 0.6 is 0 Å². The van der Waals surface area contributed by atoms with Gasteiger partial charge in [0.1, 0.15) is 5.75 Å². The summed E-state index contributed by atoms with van der Waals surface area (Å²) in [6, 6.07) is 2.26. The average molecular weight is 261 g/mol. The van der Waals surface area contributed by atoms with Crippen LogP contribution in [0.4, 0.5) is 0 Å². The van der Waals surface area contributed by atoms with Gasteiger partial charge in [0.25, 0.3) is 0 Å². The van der Waals surface area contributed by atoms with Crippen LogP contribution in [0.25, 0.3) is 0 Å². The molecular weight excluding hydrogens is 238 g/mol. The topological polar surface area (TPSA) is 44.5 Å². The standard InChI is InChI=1S/C16H23NO2/c1-10-7-13(11(2)12(3)14(10)18-4)15(8-19-9-15)16(17)5-6-16/h7H,5-6,8-9,17H2,1-4H3. The number of hydrogen-bond acceptors (Lipinski definition) is 3. The Labute approximate surface area is 115 Å². The van der Waals surface area contributed by atoms with Crippen molar-refractivity contribution in [1.82, 2.24) is 0 Å². The molecule has 1 heterocycles. The number of aryl methyl sites for hydroxylation is 1. The smallest absolute Gasteiger partial charge is 0.124 e. The number of hydrogen-bond donors (Lipinski definition) is 1. The normalized spacial score (nSPS) is 22.8. The second-order valence-electron chi connectivity index (χ2n) is 6.26. The quantitative estimate of drug-likeness (QED) is 0.908. The molecule has 2 aliphatic rings. The van der Waals surface area contributed by atoms with Gasteiger partial charge in [-0.05, 0) is 55.9 Å². The van der Waals surface area contributed by atoms with Crippen molar-refractivity contribution in [3.63, 3.8) is 0 Å². The highest BCUT2D eigenvalue weighted by atomic mass is 16.5. The predicted molar refractivity (Wildman–Crippen MR) is 75.9 cm³/mol. The maximum absolute atomic E-state index is 6.55. The van der Waals surface area contributed by atoms with Crippen LogP contribution < -0.4 is 10.5 Å². The molecule has 2 fully saturated rings. The van der Waals surface area contributed by atoms with Crippen LogP contribution in [0, 0.1) is 20.8 Å². The van der Waals surface area contributed by atoms with Crippen molar-refractivity contribution in [1.29, 1.82) is 0 Å². The van der Waals surface area contributed by atoms with E-state index < -0.39 is 0 Å². The van der Waals surface area contributed by atoms with Gasteiger partial charge in [-0.3, -0.25) is 0 Å². The summed E-state index contributed by atoms with van der Waals surface area (Å²) in [6.07, 6.45) is 2.22. The lowest BCUT2D eigenvalue weighted by atomic mass is 9.68. The van der Waals surface area contributed by atoms with E-state index in [-0.39, 0.29) is 11.0 Å². The Kier molecular flexibility index (Phi) is 2.70. The van der Waals surface area contributed by atoms with Gasteiger partial charge in [0, 0.05) is 5.54 Å². The molecule has 0 unspecified atom stereocenters. The molecule has 1 saturated heterocycles. The lowest BCUT2D eigenvalue weighted by Gasteiger charge is -2.48. The third-order valence-electron chi connectivity index (χ3n) is 5.18. The highest BCUT2D eigenvalue weighted by molar-refractivity contribution is 5.54. The highest BCUT2D eigenvalue weighted by Gasteiger charge is 2.62. The molecule has 3 heteroatoms. The van der Waals surface area contributed by atoms with E-state index in [1.165, 1.54) is 22.3 Å². The van der Waals surface area contributed by atoms with Gasteiger partial charge in [-0.1, -0.05) is 6.07 Å². The van der Waals surface area contributed by atoms with E-state index in [2.05, 4.69) is 26.8 Å². The fraction of sp³-hybridized carbons (Fsp3) is 0.625. The molecule has 3 nitrogen and oxygen atoms in total. The molecule has 1 aromatic carbocycles. The third-order valence-corrected chi connectivity index (χ3v) is 5.18. The molecule has 0 amide bonds. The van der Waals surface area contributed by atoms with Crippen molar-refractivity contribution in [2.45, 2.75) is 44.6 Å². The van der Waals surface area contributed by atoms with Crippen LogP contribution in [0.2, 0.25) is 0 Å². The largest absolute Gasteiger partial charge is 0.496 e. The maximum atomic E-state index is 6.55. The van der Waals surface area contributed by atoms with E-state index in [0.29, 0.717) is 0 Å². The summed E-state index contributed by atoms with van der Waals surface area (Å²) in [7, 11) is 1.74. The van der Waals surface area contributed by atoms with Gasteiger partial charge in [0.15, 0.2) is 0 Å². The van der Waals surface area contributed by atoms with E-state index in [9.17, 15) is 0 Å². The Hall–Kier alpha value is -1.06. The average Bonchev–Trinajstić information content (AvgIpc) is 3.03. The van der Waals surface area contributed by atoms with Crippen molar-refractivity contribution < 1.29 is 9.47 Å². The first-order valence-electron chi connectivity index (χ1n) is 6.97. The monoisotopic (exact) mass is 261 g/mol. The molecule has 1 aliphatic carbocycles. The summed E-state index contributed by atoms with van der Waals surface area (Å²) in [5, 5.41) is 0. The molecule has 104 valence electrons. The maximum Gasteiger partial charge on any atom is 0.124 e. The van der Waals surface area contributed by atoms with Gasteiger partial charge >= 0.3 is 0 Å². The summed E-state index contributed by atoms with van der Waals surface area (Å²) in [5.41, 5.74) is 11.6. The minimum Gasteiger partial charge on any atom is -0.496 e. The van der Waals surface area contributed by atoms with Crippen LogP contribution in [0.1, 0.15) is 35.1 Å². The SMILES string of the molecule is COc1c(C)cc(C2(C3(N)CC3)COC2)c(C)c1C. The Balaban J connectivity index is 2.15. The zero-order valence-electron chi connectivity index (χ0n) is 12.3. The fourth-order valence-corrected chi connectivity index (χ4v) is 3.50. The molecule has 2 N–H and O–H groups in total. The molecule has 1 saturated carbocycles. The number of benzene rings is 1. The minimum atomic E-state index is -0.0521. The third kappa shape index (κ3) is 1.58. The summed E-state index contributed by atoms with van der Waals surface area (Å²) in [6.45, 7) is 7.94. The van der Waals surface area contributed by atoms with Crippen LogP contribution in [0.15, 0.2) is 6.07 Å². The first kappa shape index (κ1) is 12.9. The van der Waals surface area contributed by atoms with Gasteiger partial charge in [0.2, 0.25) is 0 Å². The summed E-state index contributed by atoms with van der Waals surface area (Å²) in [4.78, 5) is 0. The van der Waals surface area contributed by atoms with Gasteiger partial charge in [-0.25, -0.2) is 0 Å². The van der Waals surface area contributed by atoms with Crippen LogP contribution in [0.3, 0.4) is 0 Å². The van der Waals surface area contributed by atoms with E-state index in [4.69, 9.17) is 15.2 Å². The van der Waals surface area contributed by atoms with E-state index in [1.807, 2.05) is 0 Å². The zero-order valence-corrected chi connectivity index (χ0v) is 12.3. The van der Waals surface area contributed by atoms with Crippen molar-refractivity contribution in [3.05, 3.63) is 28.3 Å². The summed E-state index contributed by atoms with van der Waals surface area (Å²) in [5.74, 6) is 0.999. The first-order chi connectivity index (χ1) is 8.95. The number of rotatable bonds is 3. The first-order valence-corrected chi connectivity index (χ1v) is 6.97. The zero-order chi connectivity index (χ0) is 13.8. The lowest BCUT2D eigenvalue weighted by molar-refractivity contribution is -0.0789. The van der Waals surface area contributed by atoms with Gasteiger partial charge in [-0.2, -0.15) is 0 Å². The molecule has 0 radical (unpaired) electrons. The molecule has 1 aliphatic heterocycles. The van der Waals surface area contributed by atoms with Crippen molar-refractivity contribution in [2.24, 2.45) is 5.73 Å². The van der Waals surface area contributed by atoms with Gasteiger partial charge in [-0.15, -0.1) is 0 Å². The van der Waals surface area contributed by atoms with Gasteiger partial charge < -0.3 is 15.2 Å².